The van der Waals surface area contributed by atoms with Crippen molar-refractivity contribution in [3.05, 3.63) is 53.1 Å². The van der Waals surface area contributed by atoms with Crippen LogP contribution >= 0.6 is 0 Å². The molecule has 0 saturated carbocycles. The first-order valence-corrected chi connectivity index (χ1v) is 9.21. The maximum absolute atomic E-state index is 2.37. The number of nitrogens with zero attached hydrogens (tertiary/aromatic N) is 2. The van der Waals surface area contributed by atoms with Gasteiger partial charge in [-0.15, -0.1) is 0 Å². The van der Waals surface area contributed by atoms with Crippen LogP contribution in [0.2, 0.25) is 0 Å². The van der Waals surface area contributed by atoms with E-state index in [2.05, 4.69) is 101 Å². The summed E-state index contributed by atoms with van der Waals surface area (Å²) < 4.78 is 4.67. The molecular weight excluding hydrogens is 304 g/mol. The zero-order chi connectivity index (χ0) is 18.5. The van der Waals surface area contributed by atoms with Crippen molar-refractivity contribution in [2.75, 3.05) is 0 Å². The fourth-order valence-corrected chi connectivity index (χ4v) is 3.60. The van der Waals surface area contributed by atoms with Crippen LogP contribution in [0, 0.1) is 6.92 Å². The van der Waals surface area contributed by atoms with E-state index in [0.29, 0.717) is 5.92 Å². The minimum Gasteiger partial charge on any atom is -0.226 e. The van der Waals surface area contributed by atoms with E-state index in [1.165, 1.54) is 39.1 Å². The largest absolute Gasteiger partial charge is 0.289 e. The molecule has 0 amide bonds. The smallest absolute Gasteiger partial charge is 0.226 e. The molecule has 132 valence electrons. The van der Waals surface area contributed by atoms with Crippen molar-refractivity contribution in [2.45, 2.75) is 52.9 Å². The molecule has 0 bridgehead atoms. The van der Waals surface area contributed by atoms with Crippen molar-refractivity contribution >= 4 is 11.0 Å². The first kappa shape index (κ1) is 17.7. The fraction of sp³-hybridized carbons (Fsp3) is 0.435. The second kappa shape index (κ2) is 6.01. The lowest BCUT2D eigenvalue weighted by atomic mass is 9.85. The van der Waals surface area contributed by atoms with Crippen LogP contribution in [0.3, 0.4) is 0 Å². The van der Waals surface area contributed by atoms with E-state index < -0.39 is 0 Å². The monoisotopic (exact) mass is 335 g/mol. The zero-order valence-corrected chi connectivity index (χ0v) is 16.9. The van der Waals surface area contributed by atoms with Gasteiger partial charge in [-0.2, -0.15) is 0 Å². The van der Waals surface area contributed by atoms with Crippen LogP contribution in [0.1, 0.15) is 57.2 Å². The Morgan fingerprint density at radius 2 is 1.68 bits per heavy atom. The standard InChI is InChI=1S/C23H31N2/c1-15(2)17-10-12-20-21(13-17)25(8)22(24(20)7)19-14-18(23(4,5)6)11-9-16(19)3/h9-15H,1-8H3/q+1. The molecule has 0 spiro atoms. The van der Waals surface area contributed by atoms with E-state index in [-0.39, 0.29) is 5.41 Å². The maximum atomic E-state index is 2.37. The molecule has 0 N–H and O–H groups in total. The maximum Gasteiger partial charge on any atom is 0.289 e. The van der Waals surface area contributed by atoms with E-state index in [4.69, 9.17) is 0 Å². The summed E-state index contributed by atoms with van der Waals surface area (Å²) >= 11 is 0. The molecule has 1 heterocycles. The predicted octanol–water partition coefficient (Wildman–Crippen LogP) is 5.40. The van der Waals surface area contributed by atoms with Crippen molar-refractivity contribution in [3.63, 3.8) is 0 Å². The van der Waals surface area contributed by atoms with E-state index in [0.717, 1.165) is 0 Å². The molecule has 0 radical (unpaired) electrons. The van der Waals surface area contributed by atoms with Crippen LogP contribution in [0.15, 0.2) is 36.4 Å². The zero-order valence-electron chi connectivity index (χ0n) is 16.9. The van der Waals surface area contributed by atoms with E-state index in [9.17, 15) is 0 Å². The molecule has 25 heavy (non-hydrogen) atoms. The van der Waals surface area contributed by atoms with Crippen LogP contribution in [-0.2, 0) is 19.5 Å². The van der Waals surface area contributed by atoms with Crippen molar-refractivity contribution in [1.29, 1.82) is 0 Å². The van der Waals surface area contributed by atoms with Crippen molar-refractivity contribution in [2.24, 2.45) is 14.1 Å². The first-order chi connectivity index (χ1) is 11.6. The lowest BCUT2D eigenvalue weighted by molar-refractivity contribution is -0.634. The molecule has 0 aliphatic heterocycles. The molecule has 2 nitrogen and oxygen atoms in total. The molecule has 2 aromatic carbocycles. The summed E-state index contributed by atoms with van der Waals surface area (Å²) in [5, 5.41) is 0. The normalized spacial score (nSPS) is 12.4. The van der Waals surface area contributed by atoms with Crippen LogP contribution < -0.4 is 4.57 Å². The number of rotatable bonds is 2. The highest BCUT2D eigenvalue weighted by atomic mass is 15.1. The highest BCUT2D eigenvalue weighted by Crippen LogP contribution is 2.31. The summed E-state index contributed by atoms with van der Waals surface area (Å²) in [6, 6.07) is 13.7. The molecule has 0 unspecified atom stereocenters. The summed E-state index contributed by atoms with van der Waals surface area (Å²) in [5.74, 6) is 1.80. The minimum atomic E-state index is 0.149. The summed E-state index contributed by atoms with van der Waals surface area (Å²) in [6.45, 7) is 13.5. The van der Waals surface area contributed by atoms with Gasteiger partial charge in [0.05, 0.1) is 19.7 Å². The predicted molar refractivity (Wildman–Crippen MR) is 107 cm³/mol. The lowest BCUT2D eigenvalue weighted by Gasteiger charge is -2.20. The molecule has 0 aliphatic carbocycles. The summed E-state index contributed by atoms with van der Waals surface area (Å²) in [7, 11) is 4.36. The average Bonchev–Trinajstić information content (AvgIpc) is 2.78. The van der Waals surface area contributed by atoms with Gasteiger partial charge in [0.25, 0.3) is 5.82 Å². The molecule has 3 rings (SSSR count). The molecular formula is C23H31N2+. The molecule has 0 aliphatic rings. The Morgan fingerprint density at radius 1 is 1.00 bits per heavy atom. The Kier molecular flexibility index (Phi) is 4.26. The van der Waals surface area contributed by atoms with Gasteiger partial charge >= 0.3 is 0 Å². The van der Waals surface area contributed by atoms with Gasteiger partial charge in [-0.25, -0.2) is 9.13 Å². The summed E-state index contributed by atoms with van der Waals surface area (Å²) in [4.78, 5) is 0. The number of imidazole rings is 1. The molecule has 0 saturated heterocycles. The fourth-order valence-electron chi connectivity index (χ4n) is 3.60. The van der Waals surface area contributed by atoms with E-state index in [1.54, 1.807) is 0 Å². The van der Waals surface area contributed by atoms with Gasteiger partial charge in [0.2, 0.25) is 0 Å². The number of aromatic nitrogens is 2. The number of hydrogen-bond donors (Lipinski definition) is 0. The van der Waals surface area contributed by atoms with Gasteiger partial charge in [-0.05, 0) is 53.1 Å². The van der Waals surface area contributed by atoms with Crippen LogP contribution in [-0.4, -0.2) is 4.57 Å². The highest BCUT2D eigenvalue weighted by molar-refractivity contribution is 5.77. The molecule has 2 heteroatoms. The van der Waals surface area contributed by atoms with Crippen LogP contribution in [0.5, 0.6) is 0 Å². The first-order valence-electron chi connectivity index (χ1n) is 9.21. The van der Waals surface area contributed by atoms with Crippen LogP contribution in [0.25, 0.3) is 22.4 Å². The number of hydrogen-bond acceptors (Lipinski definition) is 0. The van der Waals surface area contributed by atoms with Crippen LogP contribution in [0.4, 0.5) is 0 Å². The Bertz CT molecular complexity index is 937. The Morgan fingerprint density at radius 3 is 2.28 bits per heavy atom. The third kappa shape index (κ3) is 2.99. The van der Waals surface area contributed by atoms with Gasteiger partial charge in [0.1, 0.15) is 0 Å². The minimum absolute atomic E-state index is 0.149. The molecule has 3 aromatic rings. The van der Waals surface area contributed by atoms with Gasteiger partial charge in [-0.3, -0.25) is 0 Å². The second-order valence-electron chi connectivity index (χ2n) is 8.62. The number of benzene rings is 2. The molecule has 1 aromatic heterocycles. The highest BCUT2D eigenvalue weighted by Gasteiger charge is 2.25. The SMILES string of the molecule is Cc1ccc(C(C)(C)C)cc1-c1n(C)c2cc(C(C)C)ccc2[n+]1C. The van der Waals surface area contributed by atoms with Gasteiger partial charge in [0, 0.05) is 0 Å². The molecule has 0 fully saturated rings. The van der Waals surface area contributed by atoms with E-state index >= 15 is 0 Å². The quantitative estimate of drug-likeness (QED) is 0.555. The van der Waals surface area contributed by atoms with Crippen molar-refractivity contribution < 1.29 is 4.57 Å². The van der Waals surface area contributed by atoms with Crippen molar-refractivity contribution in [3.8, 4) is 11.4 Å². The average molecular weight is 336 g/mol. The van der Waals surface area contributed by atoms with Gasteiger partial charge < -0.3 is 0 Å². The lowest BCUT2D eigenvalue weighted by Crippen LogP contribution is -2.30. The third-order valence-corrected chi connectivity index (χ3v) is 5.37. The Labute approximate surface area is 152 Å². The van der Waals surface area contributed by atoms with Gasteiger partial charge in [-0.1, -0.05) is 52.8 Å². The topological polar surface area (TPSA) is 8.81 Å². The summed E-state index contributed by atoms with van der Waals surface area (Å²) in [5.41, 5.74) is 8.13. The molecule has 0 atom stereocenters. The Hall–Kier alpha value is -2.09. The second-order valence-corrected chi connectivity index (χ2v) is 8.62. The van der Waals surface area contributed by atoms with Gasteiger partial charge in [0.15, 0.2) is 11.0 Å². The Balaban J connectivity index is 2.30. The van der Waals surface area contributed by atoms with E-state index in [1.807, 2.05) is 0 Å². The number of fused-ring (bicyclic) bond motifs is 1. The third-order valence-electron chi connectivity index (χ3n) is 5.37. The summed E-state index contributed by atoms with van der Waals surface area (Å²) in [6.07, 6.45) is 0. The number of aryl methyl sites for hydroxylation is 3. The van der Waals surface area contributed by atoms with Crippen molar-refractivity contribution in [1.82, 2.24) is 4.57 Å².